The number of carbonyl (C=O) groups is 1. The third-order valence-electron chi connectivity index (χ3n) is 4.59. The van der Waals surface area contributed by atoms with E-state index in [2.05, 4.69) is 18.7 Å². The average Bonchev–Trinajstić information content (AvgIpc) is 2.60. The van der Waals surface area contributed by atoms with Crippen LogP contribution >= 0.6 is 0 Å². The monoisotopic (exact) mass is 334 g/mol. The van der Waals surface area contributed by atoms with Crippen molar-refractivity contribution in [3.8, 4) is 0 Å². The summed E-state index contributed by atoms with van der Waals surface area (Å²) in [6.07, 6.45) is 1.91. The number of hydrogen-bond donors (Lipinski definition) is 1. The summed E-state index contributed by atoms with van der Waals surface area (Å²) in [5.41, 5.74) is 1.01. The minimum Gasteiger partial charge on any atom is -0.445 e. The summed E-state index contributed by atoms with van der Waals surface area (Å²) < 4.78 is 5.45. The van der Waals surface area contributed by atoms with Crippen LogP contribution in [0.1, 0.15) is 32.3 Å². The number of aliphatic hydroxyl groups is 1. The Balaban J connectivity index is 1.82. The second-order valence-electron chi connectivity index (χ2n) is 6.81. The van der Waals surface area contributed by atoms with Gasteiger partial charge in [-0.25, -0.2) is 4.79 Å². The third-order valence-corrected chi connectivity index (χ3v) is 4.59. The molecule has 24 heavy (non-hydrogen) atoms. The smallest absolute Gasteiger partial charge is 0.410 e. The highest BCUT2D eigenvalue weighted by molar-refractivity contribution is 5.67. The quantitative estimate of drug-likeness (QED) is 0.833. The zero-order valence-electron chi connectivity index (χ0n) is 14.9. The first-order chi connectivity index (χ1) is 11.6. The van der Waals surface area contributed by atoms with Gasteiger partial charge in [0.1, 0.15) is 6.61 Å². The van der Waals surface area contributed by atoms with Crippen LogP contribution in [0.4, 0.5) is 4.79 Å². The number of benzene rings is 1. The van der Waals surface area contributed by atoms with Crippen LogP contribution < -0.4 is 0 Å². The van der Waals surface area contributed by atoms with Gasteiger partial charge in [-0.2, -0.15) is 0 Å². The van der Waals surface area contributed by atoms with Gasteiger partial charge in [0.15, 0.2) is 0 Å². The van der Waals surface area contributed by atoms with Gasteiger partial charge in [-0.15, -0.1) is 0 Å². The Hall–Kier alpha value is -1.59. The van der Waals surface area contributed by atoms with E-state index in [9.17, 15) is 9.90 Å². The van der Waals surface area contributed by atoms with E-state index in [1.165, 1.54) is 0 Å². The van der Waals surface area contributed by atoms with E-state index >= 15 is 0 Å². The lowest BCUT2D eigenvalue weighted by atomic mass is 9.97. The number of amides is 1. The van der Waals surface area contributed by atoms with Crippen molar-refractivity contribution in [3.05, 3.63) is 35.9 Å². The number of aliphatic hydroxyl groups excluding tert-OH is 1. The third kappa shape index (κ3) is 5.80. The van der Waals surface area contributed by atoms with Crippen LogP contribution in [-0.2, 0) is 11.3 Å². The van der Waals surface area contributed by atoms with E-state index in [1.807, 2.05) is 35.2 Å². The van der Waals surface area contributed by atoms with E-state index in [-0.39, 0.29) is 12.7 Å². The molecule has 1 aromatic rings. The minimum absolute atomic E-state index is 0.174. The van der Waals surface area contributed by atoms with Crippen LogP contribution in [0.25, 0.3) is 0 Å². The Morgan fingerprint density at radius 3 is 2.79 bits per heavy atom. The summed E-state index contributed by atoms with van der Waals surface area (Å²) in [5.74, 6) is 0.442. The van der Waals surface area contributed by atoms with Crippen molar-refractivity contribution in [2.24, 2.45) is 5.92 Å². The van der Waals surface area contributed by atoms with E-state index in [1.54, 1.807) is 0 Å². The fourth-order valence-electron chi connectivity index (χ4n) is 3.21. The van der Waals surface area contributed by atoms with Crippen molar-refractivity contribution < 1.29 is 14.6 Å². The molecule has 1 N–H and O–H groups in total. The van der Waals surface area contributed by atoms with Gasteiger partial charge < -0.3 is 14.7 Å². The second kappa shape index (κ2) is 9.64. The van der Waals surface area contributed by atoms with E-state index in [0.29, 0.717) is 25.1 Å². The molecule has 1 aromatic carbocycles. The van der Waals surface area contributed by atoms with Crippen molar-refractivity contribution >= 4 is 6.09 Å². The highest BCUT2D eigenvalue weighted by Crippen LogP contribution is 2.19. The van der Waals surface area contributed by atoms with Gasteiger partial charge in [0.2, 0.25) is 0 Å². The number of ether oxygens (including phenoxy) is 1. The molecule has 0 bridgehead atoms. The zero-order valence-corrected chi connectivity index (χ0v) is 14.9. The molecule has 1 amide bonds. The molecule has 5 heteroatoms. The Morgan fingerprint density at radius 1 is 1.38 bits per heavy atom. The van der Waals surface area contributed by atoms with Gasteiger partial charge >= 0.3 is 6.09 Å². The molecule has 0 unspecified atom stereocenters. The molecule has 134 valence electrons. The van der Waals surface area contributed by atoms with Crippen LogP contribution in [0.3, 0.4) is 0 Å². The predicted octanol–water partition coefficient (Wildman–Crippen LogP) is 2.74. The van der Waals surface area contributed by atoms with Crippen molar-refractivity contribution in [2.75, 3.05) is 32.8 Å². The molecular formula is C19H30N2O3. The van der Waals surface area contributed by atoms with Crippen LogP contribution in [0.5, 0.6) is 0 Å². The summed E-state index contributed by atoms with van der Waals surface area (Å²) in [7, 11) is 0. The van der Waals surface area contributed by atoms with Gasteiger partial charge in [0.25, 0.3) is 0 Å². The maximum atomic E-state index is 12.3. The summed E-state index contributed by atoms with van der Waals surface area (Å²) in [6.45, 7) is 7.90. The topological polar surface area (TPSA) is 53.0 Å². The summed E-state index contributed by atoms with van der Waals surface area (Å²) in [4.78, 5) is 16.4. The largest absolute Gasteiger partial charge is 0.445 e. The molecule has 1 atom stereocenters. The Labute approximate surface area is 145 Å². The van der Waals surface area contributed by atoms with Gasteiger partial charge in [-0.3, -0.25) is 4.90 Å². The fourth-order valence-corrected chi connectivity index (χ4v) is 3.21. The molecule has 1 saturated heterocycles. The Bertz CT molecular complexity index is 493. The molecule has 5 nitrogen and oxygen atoms in total. The second-order valence-corrected chi connectivity index (χ2v) is 6.81. The molecule has 2 rings (SSSR count). The molecule has 1 aliphatic heterocycles. The van der Waals surface area contributed by atoms with E-state index in [0.717, 1.165) is 38.0 Å². The van der Waals surface area contributed by atoms with Crippen LogP contribution in [-0.4, -0.2) is 59.8 Å². The molecule has 0 spiro atoms. The highest BCUT2D eigenvalue weighted by Gasteiger charge is 2.26. The number of nitrogens with zero attached hydrogens (tertiary/aromatic N) is 2. The van der Waals surface area contributed by atoms with Crippen LogP contribution in [0.15, 0.2) is 30.3 Å². The molecule has 1 fully saturated rings. The lowest BCUT2D eigenvalue weighted by Crippen LogP contribution is -2.45. The molecule has 1 heterocycles. The number of hydrogen-bond acceptors (Lipinski definition) is 4. The van der Waals surface area contributed by atoms with E-state index in [4.69, 9.17) is 4.74 Å². The average molecular weight is 334 g/mol. The van der Waals surface area contributed by atoms with Crippen molar-refractivity contribution in [2.45, 2.75) is 39.3 Å². The fraction of sp³-hybridized carbons (Fsp3) is 0.632. The minimum atomic E-state index is -0.221. The first kappa shape index (κ1) is 18.7. The van der Waals surface area contributed by atoms with Crippen LogP contribution in [0, 0.1) is 5.92 Å². The van der Waals surface area contributed by atoms with E-state index < -0.39 is 0 Å². The van der Waals surface area contributed by atoms with Gasteiger partial charge in [-0.05, 0) is 38.2 Å². The van der Waals surface area contributed by atoms with Gasteiger partial charge in [-0.1, -0.05) is 30.3 Å². The standard InChI is InChI=1S/C19H30N2O3/c1-16(2)20(11-12-22)13-18-9-6-10-21(14-18)19(23)24-15-17-7-4-3-5-8-17/h3-5,7-8,16,18,22H,6,9-15H2,1-2H3/t18-/m0/s1. The number of likely N-dealkylation sites (tertiary alicyclic amines) is 1. The van der Waals surface area contributed by atoms with Crippen LogP contribution in [0.2, 0.25) is 0 Å². The molecule has 0 aliphatic carbocycles. The summed E-state index contributed by atoms with van der Waals surface area (Å²) in [6, 6.07) is 10.2. The lowest BCUT2D eigenvalue weighted by Gasteiger charge is -2.36. The first-order valence-electron chi connectivity index (χ1n) is 8.90. The first-order valence-corrected chi connectivity index (χ1v) is 8.90. The maximum absolute atomic E-state index is 12.3. The normalized spacial score (nSPS) is 18.2. The molecule has 1 aliphatic rings. The Morgan fingerprint density at radius 2 is 2.12 bits per heavy atom. The number of carbonyl (C=O) groups excluding carboxylic acids is 1. The molecule has 0 radical (unpaired) electrons. The maximum Gasteiger partial charge on any atom is 0.410 e. The van der Waals surface area contributed by atoms with Gasteiger partial charge in [0.05, 0.1) is 6.61 Å². The SMILES string of the molecule is CC(C)N(CCO)C[C@@H]1CCCN(C(=O)OCc2ccccc2)C1. The number of rotatable bonds is 7. The Kier molecular flexibility index (Phi) is 7.53. The summed E-state index contributed by atoms with van der Waals surface area (Å²) >= 11 is 0. The molecular weight excluding hydrogens is 304 g/mol. The van der Waals surface area contributed by atoms with Crippen molar-refractivity contribution in [1.82, 2.24) is 9.80 Å². The van der Waals surface area contributed by atoms with Gasteiger partial charge in [0, 0.05) is 32.2 Å². The summed E-state index contributed by atoms with van der Waals surface area (Å²) in [5, 5.41) is 9.21. The van der Waals surface area contributed by atoms with Crippen molar-refractivity contribution in [1.29, 1.82) is 0 Å². The zero-order chi connectivity index (χ0) is 17.4. The van der Waals surface area contributed by atoms with Crippen molar-refractivity contribution in [3.63, 3.8) is 0 Å². The molecule has 0 saturated carbocycles. The molecule has 0 aromatic heterocycles. The highest BCUT2D eigenvalue weighted by atomic mass is 16.6. The predicted molar refractivity (Wildman–Crippen MR) is 94.7 cm³/mol. The number of piperidine rings is 1. The lowest BCUT2D eigenvalue weighted by molar-refractivity contribution is 0.0663.